The van der Waals surface area contributed by atoms with Gasteiger partial charge in [0.15, 0.2) is 0 Å². The number of primary amides is 1. The van der Waals surface area contributed by atoms with Gasteiger partial charge in [-0.05, 0) is 77.2 Å². The number of benzene rings is 3. The van der Waals surface area contributed by atoms with Crippen LogP contribution in [0.25, 0.3) is 11.1 Å². The third-order valence-corrected chi connectivity index (χ3v) is 17.7. The fourth-order valence-corrected chi connectivity index (χ4v) is 12.5. The Morgan fingerprint density at radius 1 is 0.681 bits per heavy atom. The number of ether oxygens (including phenoxy) is 3. The Kier molecular flexibility index (Phi) is 28.2. The quantitative estimate of drug-likeness (QED) is 0.0367. The molecular formula is C67H98N10O14. The molecule has 0 aromatic heterocycles. The lowest BCUT2D eigenvalue weighted by Crippen LogP contribution is -2.61. The summed E-state index contributed by atoms with van der Waals surface area (Å²) in [5.74, 6) is -8.00. The molecule has 5 rings (SSSR count). The number of carbonyl (C=O) groups is 10. The summed E-state index contributed by atoms with van der Waals surface area (Å²) in [6, 6.07) is 16.8. The van der Waals surface area contributed by atoms with Crippen molar-refractivity contribution in [2.45, 2.75) is 168 Å². The van der Waals surface area contributed by atoms with Crippen LogP contribution in [0.4, 0.5) is 9.59 Å². The normalized spacial score (nSPS) is 16.9. The number of carboxylic acids is 1. The molecular weight excluding hydrogens is 1170 g/mol. The van der Waals surface area contributed by atoms with E-state index in [0.717, 1.165) is 27.8 Å². The molecule has 500 valence electrons. The van der Waals surface area contributed by atoms with Crippen LogP contribution in [0.15, 0.2) is 78.9 Å². The van der Waals surface area contributed by atoms with E-state index in [-0.39, 0.29) is 56.6 Å². The molecule has 0 radical (unpaired) electrons. The monoisotopic (exact) mass is 1270 g/mol. The van der Waals surface area contributed by atoms with Gasteiger partial charge in [0.1, 0.15) is 36.8 Å². The molecule has 0 saturated carbocycles. The van der Waals surface area contributed by atoms with Gasteiger partial charge >= 0.3 is 18.1 Å². The Morgan fingerprint density at radius 2 is 1.27 bits per heavy atom. The highest BCUT2D eigenvalue weighted by molar-refractivity contribution is 5.95. The summed E-state index contributed by atoms with van der Waals surface area (Å²) in [6.07, 6.45) is -0.644. The van der Waals surface area contributed by atoms with E-state index >= 15 is 0 Å². The van der Waals surface area contributed by atoms with E-state index in [9.17, 15) is 53.1 Å². The van der Waals surface area contributed by atoms with Crippen LogP contribution in [0.5, 0.6) is 0 Å². The molecule has 0 spiro atoms. The number of hydrogen-bond donors (Lipinski definition) is 8. The topological polar surface area (TPSA) is 327 Å². The summed E-state index contributed by atoms with van der Waals surface area (Å²) in [5.41, 5.74) is 10.1. The van der Waals surface area contributed by atoms with Crippen LogP contribution in [0, 0.1) is 29.6 Å². The molecule has 24 heteroatoms. The number of urea groups is 1. The second-order valence-corrected chi connectivity index (χ2v) is 25.0. The Balaban J connectivity index is 1.23. The first kappa shape index (κ1) is 73.6. The van der Waals surface area contributed by atoms with Crippen molar-refractivity contribution in [1.82, 2.24) is 46.6 Å². The number of fused-ring (bicyclic) bond motifs is 3. The highest BCUT2D eigenvalue weighted by Crippen LogP contribution is 2.44. The molecule has 10 amide bonds. The summed E-state index contributed by atoms with van der Waals surface area (Å²) in [4.78, 5) is 141. The molecule has 2 aliphatic rings. The summed E-state index contributed by atoms with van der Waals surface area (Å²) < 4.78 is 17.7. The van der Waals surface area contributed by atoms with Gasteiger partial charge in [0.2, 0.25) is 41.4 Å². The third kappa shape index (κ3) is 19.7. The van der Waals surface area contributed by atoms with Crippen molar-refractivity contribution in [2.75, 3.05) is 54.6 Å². The maximum absolute atomic E-state index is 14.9. The Labute approximate surface area is 535 Å². The lowest BCUT2D eigenvalue weighted by atomic mass is 9.89. The molecule has 9 N–H and O–H groups in total. The van der Waals surface area contributed by atoms with Crippen molar-refractivity contribution in [1.29, 1.82) is 0 Å². The maximum atomic E-state index is 14.9. The number of methoxy groups -OCH3 is 2. The van der Waals surface area contributed by atoms with Crippen molar-refractivity contribution in [3.63, 3.8) is 0 Å². The van der Waals surface area contributed by atoms with Gasteiger partial charge in [0.05, 0.1) is 43.2 Å². The maximum Gasteiger partial charge on any atom is 0.407 e. The molecule has 1 aliphatic heterocycles. The number of alkyl carbamates (subject to hydrolysis) is 1. The molecule has 1 aliphatic carbocycles. The molecule has 0 unspecified atom stereocenters. The summed E-state index contributed by atoms with van der Waals surface area (Å²) in [7, 11) is 5.93. The fraction of sp³-hybridized carbons (Fsp3) is 0.582. The number of carbonyl (C=O) groups excluding carboxylic acids is 9. The molecule has 0 bridgehead atoms. The lowest BCUT2D eigenvalue weighted by Gasteiger charge is -2.41. The predicted molar refractivity (Wildman–Crippen MR) is 343 cm³/mol. The van der Waals surface area contributed by atoms with Gasteiger partial charge in [-0.25, -0.2) is 14.4 Å². The van der Waals surface area contributed by atoms with Crippen LogP contribution in [0.3, 0.4) is 0 Å². The highest BCUT2D eigenvalue weighted by Gasteiger charge is 2.44. The molecule has 24 nitrogen and oxygen atoms in total. The lowest BCUT2D eigenvalue weighted by molar-refractivity contribution is -0.149. The van der Waals surface area contributed by atoms with Crippen LogP contribution in [0.2, 0.25) is 0 Å². The minimum atomic E-state index is -1.26. The summed E-state index contributed by atoms with van der Waals surface area (Å²) >= 11 is 0. The zero-order chi connectivity index (χ0) is 67.4. The Morgan fingerprint density at radius 3 is 1.82 bits per heavy atom. The van der Waals surface area contributed by atoms with Gasteiger partial charge in [-0.3, -0.25) is 33.6 Å². The zero-order valence-electron chi connectivity index (χ0n) is 55.1. The SMILES string of the molecule is CC[C@H](C)[C@@H]([C@@H](CC(=O)N1CCC[C@H]1[C@H](OC)[C@@H](C)C(=O)N[C@@H](Cc1ccccc1)C(=O)O)OC)N(C)C(=O)[C@@H](NC(=O)[C@H](C(C)C)N(C)C(=O)CNC(=O)[C@H](CCCNC(N)=O)NC(=O)[C@@H](NC(=O)OCC1c2ccccc2-c2ccccc21)C(C)C)C(C)C. The first-order chi connectivity index (χ1) is 43.2. The largest absolute Gasteiger partial charge is 0.480 e. The first-order valence-electron chi connectivity index (χ1n) is 31.6. The molecule has 3 aromatic rings. The van der Waals surface area contributed by atoms with E-state index in [4.69, 9.17) is 19.9 Å². The number of amides is 10. The predicted octanol–water partition coefficient (Wildman–Crippen LogP) is 4.96. The fourth-order valence-electron chi connectivity index (χ4n) is 12.5. The second kappa shape index (κ2) is 34.9. The second-order valence-electron chi connectivity index (χ2n) is 25.0. The number of nitrogens with zero attached hydrogens (tertiary/aromatic N) is 3. The third-order valence-electron chi connectivity index (χ3n) is 17.7. The van der Waals surface area contributed by atoms with E-state index in [0.29, 0.717) is 25.8 Å². The molecule has 1 saturated heterocycles. The zero-order valence-corrected chi connectivity index (χ0v) is 55.1. The van der Waals surface area contributed by atoms with Crippen LogP contribution >= 0.6 is 0 Å². The van der Waals surface area contributed by atoms with Gasteiger partial charge in [-0.1, -0.05) is 148 Å². The molecule has 11 atom stereocenters. The van der Waals surface area contributed by atoms with Gasteiger partial charge < -0.3 is 71.7 Å². The smallest absolute Gasteiger partial charge is 0.407 e. The number of likely N-dealkylation sites (N-methyl/N-ethyl adjacent to an activating group) is 2. The van der Waals surface area contributed by atoms with Gasteiger partial charge in [0.25, 0.3) is 0 Å². The number of aliphatic carboxylic acids is 1. The Hall–Kier alpha value is -8.12. The van der Waals surface area contributed by atoms with Crippen LogP contribution < -0.4 is 37.6 Å². The number of rotatable bonds is 34. The first-order valence-corrected chi connectivity index (χ1v) is 31.6. The van der Waals surface area contributed by atoms with Crippen molar-refractivity contribution in [2.24, 2.45) is 35.3 Å². The Bertz CT molecular complexity index is 2940. The molecule has 1 fully saturated rings. The van der Waals surface area contributed by atoms with E-state index in [1.165, 1.54) is 31.1 Å². The van der Waals surface area contributed by atoms with E-state index in [1.54, 1.807) is 84.7 Å². The number of nitrogens with one attached hydrogen (secondary N) is 6. The van der Waals surface area contributed by atoms with E-state index < -0.39 is 138 Å². The van der Waals surface area contributed by atoms with E-state index in [1.807, 2.05) is 68.4 Å². The van der Waals surface area contributed by atoms with Crippen LogP contribution in [0.1, 0.15) is 123 Å². The standard InChI is InChI=1S/C67H98N10O14/c1-14-41(8)58(52(89-12)35-53(78)77-33-23-31-51(77)59(90-13)42(9)60(80)72-50(65(85)86)34-43-24-16-15-17-25-43)76(11)64(84)56(39(4)5)73-63(83)57(40(6)7)75(10)54(79)36-70-61(81)49(30-22-32-69-66(68)87)71-62(82)55(38(2)3)74-67(88)91-37-48-46-28-20-18-26-44(46)45-27-19-21-29-47(45)48/h15-21,24-29,38-42,48-52,55-59H,14,22-23,30-37H2,1-13H3,(H,70,81)(H,71,82)(H,72,80)(H,73,83)(H,74,88)(H,85,86)(H3,68,69,87)/t41-,42+,49-,50-,51-,52+,55-,56-,57-,58-,59+/m0/s1. The summed E-state index contributed by atoms with van der Waals surface area (Å²) in [5, 5.41) is 26.0. The van der Waals surface area contributed by atoms with Gasteiger partial charge in [-0.2, -0.15) is 0 Å². The van der Waals surface area contributed by atoms with Crippen molar-refractivity contribution in [3.05, 3.63) is 95.6 Å². The van der Waals surface area contributed by atoms with Crippen LogP contribution in [-0.2, 0) is 59.0 Å². The summed E-state index contributed by atoms with van der Waals surface area (Å²) in [6.45, 7) is 15.8. The minimum absolute atomic E-state index is 0.00149. The molecule has 1 heterocycles. The number of likely N-dealkylation sites (tertiary alicyclic amines) is 1. The number of hydrogen-bond acceptors (Lipinski definition) is 13. The van der Waals surface area contributed by atoms with Crippen molar-refractivity contribution in [3.8, 4) is 11.1 Å². The number of nitrogens with two attached hydrogens (primary N) is 1. The molecule has 3 aromatic carbocycles. The van der Waals surface area contributed by atoms with Gasteiger partial charge in [-0.15, -0.1) is 0 Å². The van der Waals surface area contributed by atoms with Crippen molar-refractivity contribution < 1.29 is 67.3 Å². The van der Waals surface area contributed by atoms with Crippen molar-refractivity contribution >= 4 is 59.4 Å². The van der Waals surface area contributed by atoms with Crippen LogP contribution in [-0.4, -0.2) is 188 Å². The molecule has 91 heavy (non-hydrogen) atoms. The van der Waals surface area contributed by atoms with E-state index in [2.05, 4.69) is 31.9 Å². The average molecular weight is 1270 g/mol. The van der Waals surface area contributed by atoms with Gasteiger partial charge in [0, 0.05) is 53.7 Å². The average Bonchev–Trinajstić information content (AvgIpc) is 1.37. The highest BCUT2D eigenvalue weighted by atomic mass is 16.5. The number of carboxylic acid groups (broad SMARTS) is 1. The minimum Gasteiger partial charge on any atom is -0.480 e.